The van der Waals surface area contributed by atoms with Crippen LogP contribution >= 0.6 is 11.3 Å². The first kappa shape index (κ1) is 10.7. The summed E-state index contributed by atoms with van der Waals surface area (Å²) in [7, 11) is 0. The second kappa shape index (κ2) is 4.20. The first-order valence-electron chi connectivity index (χ1n) is 4.78. The summed E-state index contributed by atoms with van der Waals surface area (Å²) in [5, 5.41) is 1.09. The van der Waals surface area contributed by atoms with Gasteiger partial charge >= 0.3 is 0 Å². The summed E-state index contributed by atoms with van der Waals surface area (Å²) < 4.78 is 0. The Balaban J connectivity index is 2.90. The maximum Gasteiger partial charge on any atom is 0.110 e. The number of aryl methyl sites for hydroxylation is 2. The summed E-state index contributed by atoms with van der Waals surface area (Å²) in [4.78, 5) is 5.86. The van der Waals surface area contributed by atoms with E-state index in [9.17, 15) is 0 Å². The lowest BCUT2D eigenvalue weighted by Crippen LogP contribution is -2.16. The van der Waals surface area contributed by atoms with E-state index in [1.807, 2.05) is 0 Å². The number of thiazole rings is 1. The van der Waals surface area contributed by atoms with Gasteiger partial charge in [0.1, 0.15) is 5.01 Å². The summed E-state index contributed by atoms with van der Waals surface area (Å²) >= 11 is 1.74. The highest BCUT2D eigenvalue weighted by atomic mass is 32.1. The Morgan fingerprint density at radius 2 is 2.08 bits per heavy atom. The van der Waals surface area contributed by atoms with E-state index in [0.717, 1.165) is 11.4 Å². The van der Waals surface area contributed by atoms with Crippen LogP contribution in [0.3, 0.4) is 0 Å². The number of rotatable bonds is 3. The van der Waals surface area contributed by atoms with Gasteiger partial charge in [-0.2, -0.15) is 0 Å². The van der Waals surface area contributed by atoms with Gasteiger partial charge in [0, 0.05) is 4.88 Å². The van der Waals surface area contributed by atoms with E-state index < -0.39 is 0 Å². The normalized spacial score (nSPS) is 13.7. The molecule has 0 bridgehead atoms. The zero-order valence-corrected chi connectivity index (χ0v) is 9.61. The van der Waals surface area contributed by atoms with Crippen LogP contribution < -0.4 is 5.73 Å². The lowest BCUT2D eigenvalue weighted by molar-refractivity contribution is 0.511. The molecule has 13 heavy (non-hydrogen) atoms. The molecule has 1 atom stereocenters. The van der Waals surface area contributed by atoms with E-state index in [1.165, 1.54) is 10.6 Å². The molecule has 2 N–H and O–H groups in total. The van der Waals surface area contributed by atoms with Gasteiger partial charge in [0.05, 0.1) is 11.7 Å². The van der Waals surface area contributed by atoms with Crippen molar-refractivity contribution in [2.45, 2.75) is 40.2 Å². The molecule has 0 saturated heterocycles. The fourth-order valence-electron chi connectivity index (χ4n) is 1.21. The van der Waals surface area contributed by atoms with Gasteiger partial charge in [-0.05, 0) is 19.3 Å². The molecule has 74 valence electrons. The fraction of sp³-hybridized carbons (Fsp3) is 0.700. The zero-order chi connectivity index (χ0) is 10.0. The molecule has 0 spiro atoms. The van der Waals surface area contributed by atoms with Crippen molar-refractivity contribution in [2.75, 3.05) is 0 Å². The van der Waals surface area contributed by atoms with Crippen molar-refractivity contribution in [1.82, 2.24) is 4.98 Å². The van der Waals surface area contributed by atoms with Gasteiger partial charge in [-0.3, -0.25) is 0 Å². The van der Waals surface area contributed by atoms with Gasteiger partial charge in [-0.15, -0.1) is 11.3 Å². The van der Waals surface area contributed by atoms with Crippen LogP contribution in [-0.2, 0) is 6.42 Å². The quantitative estimate of drug-likeness (QED) is 0.811. The molecule has 0 aliphatic heterocycles. The first-order chi connectivity index (χ1) is 6.06. The van der Waals surface area contributed by atoms with Gasteiger partial charge in [0.15, 0.2) is 0 Å². The van der Waals surface area contributed by atoms with Gasteiger partial charge in [-0.1, -0.05) is 20.8 Å². The van der Waals surface area contributed by atoms with Crippen molar-refractivity contribution < 1.29 is 0 Å². The molecule has 0 radical (unpaired) electrons. The van der Waals surface area contributed by atoms with Crippen LogP contribution in [0.25, 0.3) is 0 Å². The summed E-state index contributed by atoms with van der Waals surface area (Å²) in [5.74, 6) is 0.468. The number of hydrogen-bond donors (Lipinski definition) is 1. The maximum atomic E-state index is 6.02. The minimum atomic E-state index is 0.101. The third kappa shape index (κ3) is 2.29. The van der Waals surface area contributed by atoms with Crippen LogP contribution in [0.5, 0.6) is 0 Å². The minimum Gasteiger partial charge on any atom is -0.322 e. The van der Waals surface area contributed by atoms with Crippen LogP contribution in [-0.4, -0.2) is 4.98 Å². The van der Waals surface area contributed by atoms with Gasteiger partial charge in [0.25, 0.3) is 0 Å². The molecule has 1 heterocycles. The molecule has 0 aliphatic carbocycles. The largest absolute Gasteiger partial charge is 0.322 e. The second-order valence-corrected chi connectivity index (χ2v) is 4.91. The SMILES string of the molecule is CCc1nc(C(N)C(C)C)sc1C. The van der Waals surface area contributed by atoms with Crippen molar-refractivity contribution in [3.63, 3.8) is 0 Å². The minimum absolute atomic E-state index is 0.101. The Hall–Kier alpha value is -0.410. The summed E-state index contributed by atoms with van der Waals surface area (Å²) in [5.41, 5.74) is 7.23. The molecule has 1 aromatic rings. The van der Waals surface area contributed by atoms with Gasteiger partial charge in [0.2, 0.25) is 0 Å². The Labute approximate surface area is 84.2 Å². The smallest absolute Gasteiger partial charge is 0.110 e. The van der Waals surface area contributed by atoms with Crippen molar-refractivity contribution in [1.29, 1.82) is 0 Å². The zero-order valence-electron chi connectivity index (χ0n) is 8.79. The molecule has 0 aromatic carbocycles. The van der Waals surface area contributed by atoms with Crippen LogP contribution in [0.15, 0.2) is 0 Å². The van der Waals surface area contributed by atoms with E-state index in [2.05, 4.69) is 32.7 Å². The van der Waals surface area contributed by atoms with Gasteiger partial charge in [-0.25, -0.2) is 4.98 Å². The number of nitrogens with zero attached hydrogens (tertiary/aromatic N) is 1. The summed E-state index contributed by atoms with van der Waals surface area (Å²) in [6.07, 6.45) is 1.01. The molecule has 0 saturated carbocycles. The average molecular weight is 198 g/mol. The van der Waals surface area contributed by atoms with E-state index in [4.69, 9.17) is 5.73 Å². The Kier molecular flexibility index (Phi) is 3.45. The van der Waals surface area contributed by atoms with Crippen molar-refractivity contribution in [3.05, 3.63) is 15.6 Å². The summed E-state index contributed by atoms with van der Waals surface area (Å²) in [6.45, 7) is 8.51. The molecule has 0 fully saturated rings. The van der Waals surface area contributed by atoms with E-state index in [1.54, 1.807) is 11.3 Å². The number of nitrogens with two attached hydrogens (primary N) is 1. The predicted octanol–water partition coefficient (Wildman–Crippen LogP) is 2.67. The highest BCUT2D eigenvalue weighted by Crippen LogP contribution is 2.26. The lowest BCUT2D eigenvalue weighted by atomic mass is 10.1. The second-order valence-electron chi connectivity index (χ2n) is 3.68. The molecular formula is C10H18N2S. The van der Waals surface area contributed by atoms with Crippen molar-refractivity contribution in [3.8, 4) is 0 Å². The Morgan fingerprint density at radius 3 is 2.46 bits per heavy atom. The van der Waals surface area contributed by atoms with Crippen molar-refractivity contribution >= 4 is 11.3 Å². The highest BCUT2D eigenvalue weighted by molar-refractivity contribution is 7.11. The van der Waals surface area contributed by atoms with E-state index >= 15 is 0 Å². The van der Waals surface area contributed by atoms with Crippen LogP contribution in [0.2, 0.25) is 0 Å². The Bertz CT molecular complexity index is 278. The molecule has 2 nitrogen and oxygen atoms in total. The molecule has 3 heteroatoms. The fourth-order valence-corrected chi connectivity index (χ4v) is 2.39. The molecule has 0 amide bonds. The third-order valence-electron chi connectivity index (χ3n) is 2.25. The van der Waals surface area contributed by atoms with E-state index in [0.29, 0.717) is 5.92 Å². The predicted molar refractivity (Wildman–Crippen MR) is 58.0 cm³/mol. The van der Waals surface area contributed by atoms with Crippen molar-refractivity contribution in [2.24, 2.45) is 11.7 Å². The lowest BCUT2D eigenvalue weighted by Gasteiger charge is -2.11. The van der Waals surface area contributed by atoms with Gasteiger partial charge < -0.3 is 5.73 Å². The highest BCUT2D eigenvalue weighted by Gasteiger charge is 2.15. The Morgan fingerprint density at radius 1 is 1.46 bits per heavy atom. The van der Waals surface area contributed by atoms with Crippen LogP contribution in [0.1, 0.15) is 42.4 Å². The monoisotopic (exact) mass is 198 g/mol. The molecule has 1 aromatic heterocycles. The number of hydrogen-bond acceptors (Lipinski definition) is 3. The molecule has 0 aliphatic rings. The van der Waals surface area contributed by atoms with Crippen LogP contribution in [0, 0.1) is 12.8 Å². The van der Waals surface area contributed by atoms with E-state index in [-0.39, 0.29) is 6.04 Å². The molecule has 1 unspecified atom stereocenters. The third-order valence-corrected chi connectivity index (χ3v) is 3.36. The topological polar surface area (TPSA) is 38.9 Å². The summed E-state index contributed by atoms with van der Waals surface area (Å²) in [6, 6.07) is 0.101. The molecular weight excluding hydrogens is 180 g/mol. The molecule has 1 rings (SSSR count). The standard InChI is InChI=1S/C10H18N2S/c1-5-8-7(4)13-10(12-8)9(11)6(2)3/h6,9H,5,11H2,1-4H3. The first-order valence-corrected chi connectivity index (χ1v) is 5.59. The van der Waals surface area contributed by atoms with Crippen LogP contribution in [0.4, 0.5) is 0 Å². The maximum absolute atomic E-state index is 6.02. The number of aromatic nitrogens is 1. The average Bonchev–Trinajstić information content (AvgIpc) is 2.45.